The molecule has 3 rings (SSSR count). The Morgan fingerprint density at radius 2 is 2.38 bits per heavy atom. The van der Waals surface area contributed by atoms with Crippen LogP contribution in [0.2, 0.25) is 0 Å². The van der Waals surface area contributed by atoms with Crippen molar-refractivity contribution in [2.75, 3.05) is 19.7 Å². The van der Waals surface area contributed by atoms with Gasteiger partial charge in [0.15, 0.2) is 0 Å². The Morgan fingerprint density at radius 1 is 1.48 bits per heavy atom. The van der Waals surface area contributed by atoms with E-state index in [9.17, 15) is 0 Å². The zero-order chi connectivity index (χ0) is 14.7. The maximum atomic E-state index is 6.11. The van der Waals surface area contributed by atoms with Crippen LogP contribution >= 0.6 is 0 Å². The summed E-state index contributed by atoms with van der Waals surface area (Å²) in [6, 6.07) is 9.45. The molecule has 2 saturated heterocycles. The molecular weight excluding hydrogens is 262 g/mol. The molecule has 3 N–H and O–H groups in total. The van der Waals surface area contributed by atoms with Gasteiger partial charge in [0.2, 0.25) is 0 Å². The Labute approximate surface area is 127 Å². The van der Waals surface area contributed by atoms with Gasteiger partial charge in [-0.3, -0.25) is 16.2 Å². The molecule has 0 amide bonds. The molecule has 1 aromatic carbocycles. The van der Waals surface area contributed by atoms with E-state index in [4.69, 9.17) is 10.6 Å². The molecule has 116 valence electrons. The van der Waals surface area contributed by atoms with Gasteiger partial charge in [0.1, 0.15) is 0 Å². The molecule has 2 aliphatic rings. The van der Waals surface area contributed by atoms with Crippen LogP contribution in [0.3, 0.4) is 0 Å². The Hall–Kier alpha value is -0.940. The number of aryl methyl sites for hydroxylation is 1. The number of fused-ring (bicyclic) bond motifs is 1. The highest BCUT2D eigenvalue weighted by atomic mass is 16.5. The van der Waals surface area contributed by atoms with Crippen LogP contribution in [-0.4, -0.2) is 36.7 Å². The lowest BCUT2D eigenvalue weighted by Crippen LogP contribution is -2.51. The van der Waals surface area contributed by atoms with Gasteiger partial charge in [-0.2, -0.15) is 0 Å². The van der Waals surface area contributed by atoms with Crippen molar-refractivity contribution in [2.24, 2.45) is 5.84 Å². The third kappa shape index (κ3) is 3.29. The average molecular weight is 289 g/mol. The predicted molar refractivity (Wildman–Crippen MR) is 84.8 cm³/mol. The molecule has 0 spiro atoms. The van der Waals surface area contributed by atoms with Gasteiger partial charge < -0.3 is 4.74 Å². The molecule has 3 atom stereocenters. The maximum Gasteiger partial charge on any atom is 0.0910 e. The van der Waals surface area contributed by atoms with Crippen LogP contribution < -0.4 is 11.3 Å². The minimum atomic E-state index is 0.0726. The van der Waals surface area contributed by atoms with Gasteiger partial charge in [-0.15, -0.1) is 0 Å². The van der Waals surface area contributed by atoms with E-state index in [1.807, 2.05) is 0 Å². The number of hydrogen-bond donors (Lipinski definition) is 2. The summed E-state index contributed by atoms with van der Waals surface area (Å²) < 4.78 is 6.11. The van der Waals surface area contributed by atoms with Gasteiger partial charge in [-0.05, 0) is 36.9 Å². The second-order valence-corrected chi connectivity index (χ2v) is 6.30. The first-order chi connectivity index (χ1) is 10.3. The number of hydrogen-bond acceptors (Lipinski definition) is 4. The highest BCUT2D eigenvalue weighted by Crippen LogP contribution is 2.28. The van der Waals surface area contributed by atoms with E-state index in [0.29, 0.717) is 6.04 Å². The van der Waals surface area contributed by atoms with Crippen molar-refractivity contribution < 1.29 is 4.74 Å². The zero-order valence-electron chi connectivity index (χ0n) is 12.9. The minimum Gasteiger partial charge on any atom is -0.373 e. The van der Waals surface area contributed by atoms with E-state index in [2.05, 4.69) is 41.5 Å². The molecule has 0 aromatic heterocycles. The average Bonchev–Trinajstić information content (AvgIpc) is 2.96. The Morgan fingerprint density at radius 3 is 3.19 bits per heavy atom. The highest BCUT2D eigenvalue weighted by Gasteiger charge is 2.36. The summed E-state index contributed by atoms with van der Waals surface area (Å²) in [5.74, 6) is 5.85. The minimum absolute atomic E-state index is 0.0726. The topological polar surface area (TPSA) is 50.5 Å². The molecular formula is C17H27N3O. The fraction of sp³-hybridized carbons (Fsp3) is 0.647. The van der Waals surface area contributed by atoms with Crippen LogP contribution in [0.25, 0.3) is 0 Å². The lowest BCUT2D eigenvalue weighted by atomic mass is 9.97. The summed E-state index contributed by atoms with van der Waals surface area (Å²) in [6.07, 6.45) is 5.00. The lowest BCUT2D eigenvalue weighted by molar-refractivity contribution is -0.0653. The van der Waals surface area contributed by atoms with Crippen LogP contribution in [0.4, 0.5) is 0 Å². The first kappa shape index (κ1) is 15.0. The van der Waals surface area contributed by atoms with Crippen LogP contribution in [-0.2, 0) is 11.2 Å². The number of benzene rings is 1. The zero-order valence-corrected chi connectivity index (χ0v) is 12.9. The quantitative estimate of drug-likeness (QED) is 0.643. The summed E-state index contributed by atoms with van der Waals surface area (Å²) in [5.41, 5.74) is 5.61. The van der Waals surface area contributed by atoms with E-state index in [1.165, 1.54) is 36.9 Å². The van der Waals surface area contributed by atoms with Crippen molar-refractivity contribution in [3.63, 3.8) is 0 Å². The van der Waals surface area contributed by atoms with Crippen LogP contribution in [0.1, 0.15) is 43.4 Å². The van der Waals surface area contributed by atoms with E-state index in [0.717, 1.165) is 19.6 Å². The molecule has 4 nitrogen and oxygen atoms in total. The molecule has 3 unspecified atom stereocenters. The molecule has 0 radical (unpaired) electrons. The summed E-state index contributed by atoms with van der Waals surface area (Å²) in [5, 5.41) is 0. The summed E-state index contributed by atoms with van der Waals surface area (Å²) >= 11 is 0. The van der Waals surface area contributed by atoms with E-state index >= 15 is 0 Å². The molecule has 2 aliphatic heterocycles. The fourth-order valence-electron chi connectivity index (χ4n) is 3.69. The second kappa shape index (κ2) is 6.88. The third-order valence-electron chi connectivity index (χ3n) is 4.82. The molecule has 0 aliphatic carbocycles. The van der Waals surface area contributed by atoms with Crippen LogP contribution in [0.15, 0.2) is 24.3 Å². The number of nitrogens with one attached hydrogen (secondary N) is 1. The summed E-state index contributed by atoms with van der Waals surface area (Å²) in [4.78, 5) is 2.56. The first-order valence-corrected chi connectivity index (χ1v) is 8.22. The normalized spacial score (nSPS) is 27.5. The van der Waals surface area contributed by atoms with Crippen molar-refractivity contribution in [2.45, 2.75) is 50.8 Å². The Balaban J connectivity index is 1.73. The molecule has 4 heteroatoms. The van der Waals surface area contributed by atoms with E-state index in [-0.39, 0.29) is 12.1 Å². The van der Waals surface area contributed by atoms with Crippen molar-refractivity contribution in [1.29, 1.82) is 0 Å². The molecule has 2 fully saturated rings. The van der Waals surface area contributed by atoms with Gasteiger partial charge in [0, 0.05) is 12.6 Å². The van der Waals surface area contributed by atoms with Gasteiger partial charge in [-0.25, -0.2) is 0 Å². The standard InChI is InChI=1S/C17H27N3O/c1-2-5-13-6-3-7-14(10-13)17(19-18)16-11-20-9-4-8-15(20)12-21-16/h3,6-7,10,15-17,19H,2,4-5,8-9,11-12,18H2,1H3. The van der Waals surface area contributed by atoms with E-state index < -0.39 is 0 Å². The molecule has 1 aromatic rings. The van der Waals surface area contributed by atoms with Crippen molar-refractivity contribution >= 4 is 0 Å². The smallest absolute Gasteiger partial charge is 0.0910 e. The second-order valence-electron chi connectivity index (χ2n) is 6.30. The Bertz CT molecular complexity index is 465. The number of morpholine rings is 1. The van der Waals surface area contributed by atoms with Gasteiger partial charge in [-0.1, -0.05) is 37.6 Å². The monoisotopic (exact) mass is 289 g/mol. The van der Waals surface area contributed by atoms with Crippen molar-refractivity contribution in [3.05, 3.63) is 35.4 Å². The number of ether oxygens (including phenoxy) is 1. The summed E-state index contributed by atoms with van der Waals surface area (Å²) in [6.45, 7) is 5.25. The SMILES string of the molecule is CCCc1cccc(C(NN)C2CN3CCCC3CO2)c1. The molecule has 21 heavy (non-hydrogen) atoms. The largest absolute Gasteiger partial charge is 0.373 e. The van der Waals surface area contributed by atoms with Crippen LogP contribution in [0.5, 0.6) is 0 Å². The predicted octanol–water partition coefficient (Wildman–Crippen LogP) is 2.01. The molecule has 0 bridgehead atoms. The van der Waals surface area contributed by atoms with Gasteiger partial charge >= 0.3 is 0 Å². The van der Waals surface area contributed by atoms with Crippen molar-refractivity contribution in [3.8, 4) is 0 Å². The number of nitrogens with two attached hydrogens (primary N) is 1. The summed E-state index contributed by atoms with van der Waals surface area (Å²) in [7, 11) is 0. The Kier molecular flexibility index (Phi) is 4.91. The molecule has 2 heterocycles. The van der Waals surface area contributed by atoms with E-state index in [1.54, 1.807) is 0 Å². The number of rotatable bonds is 5. The maximum absolute atomic E-state index is 6.11. The highest BCUT2D eigenvalue weighted by molar-refractivity contribution is 5.27. The van der Waals surface area contributed by atoms with Crippen LogP contribution in [0, 0.1) is 0 Å². The number of nitrogens with zero attached hydrogens (tertiary/aromatic N) is 1. The number of hydrazine groups is 1. The van der Waals surface area contributed by atoms with Gasteiger partial charge in [0.25, 0.3) is 0 Å². The third-order valence-corrected chi connectivity index (χ3v) is 4.82. The molecule has 0 saturated carbocycles. The first-order valence-electron chi connectivity index (χ1n) is 8.22. The fourth-order valence-corrected chi connectivity index (χ4v) is 3.69. The lowest BCUT2D eigenvalue weighted by Gasteiger charge is -2.38. The van der Waals surface area contributed by atoms with Crippen molar-refractivity contribution in [1.82, 2.24) is 10.3 Å². The van der Waals surface area contributed by atoms with Gasteiger partial charge in [0.05, 0.1) is 18.8 Å².